The minimum atomic E-state index is -5.17. The van der Waals surface area contributed by atoms with Crippen LogP contribution in [0.2, 0.25) is 0 Å². The van der Waals surface area contributed by atoms with E-state index in [9.17, 15) is 3.89 Å². The standard InChI is InChI=1S/Dy.FHO3S/c;1-5(2,3)4/h;(H,2,3,4). The zero-order valence-electron chi connectivity index (χ0n) is 2.37. The molecule has 0 saturated carbocycles. The number of hydrogen-bond donors (Lipinski definition) is 1. The van der Waals surface area contributed by atoms with Crippen LogP contribution in [0.3, 0.4) is 0 Å². The minimum absolute atomic E-state index is 0. The van der Waals surface area contributed by atoms with Crippen molar-refractivity contribution in [3.63, 3.8) is 0 Å². The summed E-state index contributed by atoms with van der Waals surface area (Å²) in [4.78, 5) is 0. The summed E-state index contributed by atoms with van der Waals surface area (Å²) in [7, 11) is -5.17. The predicted molar refractivity (Wildman–Crippen MR) is 12.7 cm³/mol. The van der Waals surface area contributed by atoms with Gasteiger partial charge in [-0.3, -0.25) is 4.55 Å². The van der Waals surface area contributed by atoms with Crippen molar-refractivity contribution in [1.82, 2.24) is 0 Å². The van der Waals surface area contributed by atoms with E-state index < -0.39 is 10.5 Å². The Morgan fingerprint density at radius 3 is 1.50 bits per heavy atom. The third-order valence-electron chi connectivity index (χ3n) is 0. The topological polar surface area (TPSA) is 54.4 Å². The Labute approximate surface area is 65.0 Å². The number of hydrogen-bond acceptors (Lipinski definition) is 2. The van der Waals surface area contributed by atoms with Crippen LogP contribution >= 0.6 is 0 Å². The summed E-state index contributed by atoms with van der Waals surface area (Å²) in [6.07, 6.45) is 0. The van der Waals surface area contributed by atoms with Gasteiger partial charge >= 0.3 is 10.5 Å². The second kappa shape index (κ2) is 3.16. The van der Waals surface area contributed by atoms with Crippen LogP contribution in [0, 0.1) is 38.2 Å². The molecule has 0 aliphatic carbocycles. The normalized spacial score (nSPS) is 9.67. The fraction of sp³-hybridized carbons (Fsp3) is 0. The van der Waals surface area contributed by atoms with E-state index in [1.54, 1.807) is 0 Å². The van der Waals surface area contributed by atoms with Gasteiger partial charge in [-0.1, -0.05) is 3.89 Å². The van der Waals surface area contributed by atoms with Gasteiger partial charge in [0.2, 0.25) is 0 Å². The molecule has 0 aromatic rings. The Balaban J connectivity index is 0. The summed E-state index contributed by atoms with van der Waals surface area (Å²) in [5.74, 6) is 0. The maximum atomic E-state index is 10.2. The monoisotopic (exact) mass is 264 g/mol. The van der Waals surface area contributed by atoms with Gasteiger partial charge in [0.25, 0.3) is 0 Å². The Bertz CT molecular complexity index is 94.0. The molecular weight excluding hydrogens is 262 g/mol. The summed E-state index contributed by atoms with van der Waals surface area (Å²) < 4.78 is 34.1. The molecule has 0 heterocycles. The molecule has 0 amide bonds. The first-order valence-electron chi connectivity index (χ1n) is 0.670. The molecule has 0 aliphatic rings. The largest absolute Gasteiger partial charge is 0.435 e. The second-order valence-corrected chi connectivity index (χ2v) is 1.24. The van der Waals surface area contributed by atoms with Crippen LogP contribution in [0.4, 0.5) is 3.89 Å². The van der Waals surface area contributed by atoms with Gasteiger partial charge in [-0.25, -0.2) is 0 Å². The maximum absolute atomic E-state index is 10.2. The van der Waals surface area contributed by atoms with Crippen LogP contribution in [-0.2, 0) is 10.5 Å². The molecule has 0 saturated heterocycles. The van der Waals surface area contributed by atoms with Crippen LogP contribution in [0.15, 0.2) is 0 Å². The molecule has 0 rings (SSSR count). The van der Waals surface area contributed by atoms with Gasteiger partial charge in [-0.15, -0.1) is 0 Å². The number of halogens is 1. The van der Waals surface area contributed by atoms with Gasteiger partial charge in [0.15, 0.2) is 0 Å². The summed E-state index contributed by atoms with van der Waals surface area (Å²) in [6.45, 7) is 0. The van der Waals surface area contributed by atoms with E-state index in [2.05, 4.69) is 0 Å². The average molecular weight is 263 g/mol. The van der Waals surface area contributed by atoms with Gasteiger partial charge < -0.3 is 0 Å². The van der Waals surface area contributed by atoms with E-state index in [4.69, 9.17) is 13.0 Å². The van der Waals surface area contributed by atoms with E-state index in [1.807, 2.05) is 0 Å². The molecule has 0 unspecified atom stereocenters. The minimum Gasteiger partial charge on any atom is -0.260 e. The van der Waals surface area contributed by atoms with Crippen LogP contribution in [0.25, 0.3) is 0 Å². The zero-order chi connectivity index (χ0) is 4.50. The SMILES string of the molecule is O=S(=O)(O)F.[Dy]. The van der Waals surface area contributed by atoms with Gasteiger partial charge in [-0.2, -0.15) is 8.42 Å². The van der Waals surface area contributed by atoms with E-state index in [-0.39, 0.29) is 38.2 Å². The molecule has 0 radical (unpaired) electrons. The van der Waals surface area contributed by atoms with E-state index in [0.717, 1.165) is 0 Å². The van der Waals surface area contributed by atoms with Crippen molar-refractivity contribution in [2.75, 3.05) is 0 Å². The van der Waals surface area contributed by atoms with Crippen molar-refractivity contribution in [2.24, 2.45) is 0 Å². The van der Waals surface area contributed by atoms with Gasteiger partial charge in [0.05, 0.1) is 0 Å². The van der Waals surface area contributed by atoms with Crippen molar-refractivity contribution >= 4 is 10.5 Å². The van der Waals surface area contributed by atoms with Crippen LogP contribution in [0.5, 0.6) is 0 Å². The molecule has 0 fully saturated rings. The van der Waals surface area contributed by atoms with E-state index in [1.165, 1.54) is 0 Å². The summed E-state index contributed by atoms with van der Waals surface area (Å²) >= 11 is 0. The molecular formula is HDyFO3S. The first-order valence-corrected chi connectivity index (χ1v) is 2.01. The Hall–Kier alpha value is 1.11. The molecule has 0 aromatic heterocycles. The fourth-order valence-corrected chi connectivity index (χ4v) is 0. The zero-order valence-corrected chi connectivity index (χ0v) is 5.21. The van der Waals surface area contributed by atoms with E-state index >= 15 is 0 Å². The first-order chi connectivity index (χ1) is 2.00. The molecule has 0 bridgehead atoms. The van der Waals surface area contributed by atoms with Crippen molar-refractivity contribution in [1.29, 1.82) is 0 Å². The van der Waals surface area contributed by atoms with Crippen molar-refractivity contribution in [3.05, 3.63) is 0 Å². The first kappa shape index (κ1) is 10.2. The van der Waals surface area contributed by atoms with Crippen LogP contribution in [0.1, 0.15) is 0 Å². The van der Waals surface area contributed by atoms with Crippen molar-refractivity contribution in [2.45, 2.75) is 0 Å². The fourth-order valence-electron chi connectivity index (χ4n) is 0. The molecule has 42 valence electrons. The van der Waals surface area contributed by atoms with Crippen LogP contribution < -0.4 is 0 Å². The van der Waals surface area contributed by atoms with Crippen LogP contribution in [-0.4, -0.2) is 13.0 Å². The van der Waals surface area contributed by atoms with Crippen molar-refractivity contribution in [3.8, 4) is 0 Å². The second-order valence-electron chi connectivity index (χ2n) is 0.412. The summed E-state index contributed by atoms with van der Waals surface area (Å²) in [6, 6.07) is 0. The van der Waals surface area contributed by atoms with Crippen molar-refractivity contribution < 1.29 is 55.0 Å². The predicted octanol–water partition coefficient (Wildman–Crippen LogP) is -0.241. The quantitative estimate of drug-likeness (QED) is 0.484. The Morgan fingerprint density at radius 2 is 1.50 bits per heavy atom. The summed E-state index contributed by atoms with van der Waals surface area (Å²) in [5, 5.41) is 0. The Morgan fingerprint density at radius 1 is 1.50 bits per heavy atom. The van der Waals surface area contributed by atoms with Gasteiger partial charge in [0, 0.05) is 38.2 Å². The number of rotatable bonds is 0. The molecule has 0 aliphatic heterocycles. The van der Waals surface area contributed by atoms with E-state index in [0.29, 0.717) is 0 Å². The average Bonchev–Trinajstić information content (AvgIpc) is 0.722. The molecule has 6 heteroatoms. The molecule has 0 atom stereocenters. The third kappa shape index (κ3) is 69.8. The molecule has 3 nitrogen and oxygen atoms in total. The third-order valence-corrected chi connectivity index (χ3v) is 0. The smallest absolute Gasteiger partial charge is 0.260 e. The molecule has 1 N–H and O–H groups in total. The van der Waals surface area contributed by atoms with Gasteiger partial charge in [0.1, 0.15) is 0 Å². The Kier molecular flexibility index (Phi) is 5.35. The molecule has 0 aromatic carbocycles. The summed E-state index contributed by atoms with van der Waals surface area (Å²) in [5.41, 5.74) is 0. The molecule has 6 heavy (non-hydrogen) atoms. The maximum Gasteiger partial charge on any atom is 0.435 e. The van der Waals surface area contributed by atoms with Gasteiger partial charge in [-0.05, 0) is 0 Å². The molecule has 0 spiro atoms.